The largest absolute Gasteiger partial charge is 0.494 e. The van der Waals surface area contributed by atoms with E-state index in [1.165, 1.54) is 68.2 Å². The van der Waals surface area contributed by atoms with Gasteiger partial charge in [-0.3, -0.25) is 4.98 Å². The van der Waals surface area contributed by atoms with E-state index in [1.54, 1.807) is 0 Å². The van der Waals surface area contributed by atoms with Crippen LogP contribution in [0.4, 0.5) is 0 Å². The topological polar surface area (TPSA) is 22.1 Å². The van der Waals surface area contributed by atoms with Crippen molar-refractivity contribution in [2.45, 2.75) is 90.9 Å². The van der Waals surface area contributed by atoms with Crippen LogP contribution in [0.5, 0.6) is 5.75 Å². The van der Waals surface area contributed by atoms with Gasteiger partial charge in [-0.1, -0.05) is 83.9 Å². The molecule has 28 heavy (non-hydrogen) atoms. The fourth-order valence-electron chi connectivity index (χ4n) is 3.51. The molecule has 1 heterocycles. The van der Waals surface area contributed by atoms with Crippen LogP contribution in [0.2, 0.25) is 0 Å². The molecule has 2 heteroatoms. The normalized spacial score (nSPS) is 12.1. The van der Waals surface area contributed by atoms with Crippen LogP contribution in [-0.4, -0.2) is 11.6 Å². The molecule has 2 aromatic rings. The summed E-state index contributed by atoms with van der Waals surface area (Å²) in [5.74, 6) is 1.33. The molecule has 0 spiro atoms. The fourth-order valence-corrected chi connectivity index (χ4v) is 3.51. The predicted octanol–water partition coefficient (Wildman–Crippen LogP) is 7.71. The molecule has 0 aliphatic rings. The molecular weight excluding hydrogens is 342 g/mol. The molecule has 0 bridgehead atoms. The monoisotopic (exact) mass is 381 g/mol. The van der Waals surface area contributed by atoms with Crippen molar-refractivity contribution in [1.29, 1.82) is 0 Å². The minimum atomic E-state index is 0.352. The molecule has 154 valence electrons. The highest BCUT2D eigenvalue weighted by Crippen LogP contribution is 2.25. The summed E-state index contributed by atoms with van der Waals surface area (Å²) in [7, 11) is 0. The van der Waals surface area contributed by atoms with E-state index in [2.05, 4.69) is 68.4 Å². The van der Waals surface area contributed by atoms with Crippen LogP contribution in [-0.2, 0) is 6.42 Å². The minimum Gasteiger partial charge on any atom is -0.494 e. The molecule has 1 unspecified atom stereocenters. The first-order chi connectivity index (χ1) is 13.7. The zero-order valence-corrected chi connectivity index (χ0v) is 18.3. The van der Waals surface area contributed by atoms with E-state index in [1.807, 2.05) is 0 Å². The van der Waals surface area contributed by atoms with Gasteiger partial charge in [0.25, 0.3) is 0 Å². The van der Waals surface area contributed by atoms with Gasteiger partial charge < -0.3 is 4.74 Å². The van der Waals surface area contributed by atoms with Gasteiger partial charge >= 0.3 is 0 Å². The van der Waals surface area contributed by atoms with Gasteiger partial charge in [0.2, 0.25) is 0 Å². The molecule has 0 aliphatic carbocycles. The third-order valence-electron chi connectivity index (χ3n) is 5.53. The average molecular weight is 382 g/mol. The predicted molar refractivity (Wildman–Crippen MR) is 120 cm³/mol. The molecule has 0 aliphatic heterocycles. The minimum absolute atomic E-state index is 0.352. The summed E-state index contributed by atoms with van der Waals surface area (Å²) in [5, 5.41) is 0. The fraction of sp³-hybridized carbons (Fsp3) is 0.577. The quantitative estimate of drug-likeness (QED) is 0.313. The Hall–Kier alpha value is -1.83. The maximum absolute atomic E-state index is 5.90. The van der Waals surface area contributed by atoms with Crippen molar-refractivity contribution in [2.75, 3.05) is 6.61 Å². The van der Waals surface area contributed by atoms with Crippen molar-refractivity contribution in [3.05, 3.63) is 59.4 Å². The van der Waals surface area contributed by atoms with E-state index < -0.39 is 0 Å². The second kappa shape index (κ2) is 13.4. The van der Waals surface area contributed by atoms with Gasteiger partial charge in [0.15, 0.2) is 0 Å². The Labute approximate surface area is 172 Å². The lowest BCUT2D eigenvalue weighted by atomic mass is 9.94. The summed E-state index contributed by atoms with van der Waals surface area (Å²) in [6, 6.07) is 13.0. The number of benzene rings is 1. The lowest BCUT2D eigenvalue weighted by Crippen LogP contribution is -2.00. The Bertz CT molecular complexity index is 632. The van der Waals surface area contributed by atoms with Crippen LogP contribution < -0.4 is 4.74 Å². The third-order valence-corrected chi connectivity index (χ3v) is 5.53. The molecule has 0 fully saturated rings. The Morgan fingerprint density at radius 2 is 1.39 bits per heavy atom. The zero-order valence-electron chi connectivity index (χ0n) is 18.3. The molecular formula is C26H39NO. The van der Waals surface area contributed by atoms with Gasteiger partial charge in [0.1, 0.15) is 5.75 Å². The molecule has 0 saturated heterocycles. The Morgan fingerprint density at radius 3 is 2.07 bits per heavy atom. The van der Waals surface area contributed by atoms with Gasteiger partial charge in [-0.05, 0) is 48.6 Å². The Kier molecular flexibility index (Phi) is 10.7. The number of nitrogens with zero attached hydrogens (tertiary/aromatic N) is 1. The number of ether oxygens (including phenoxy) is 1. The van der Waals surface area contributed by atoms with Gasteiger partial charge in [-0.25, -0.2) is 0 Å². The van der Waals surface area contributed by atoms with E-state index in [0.717, 1.165) is 25.2 Å². The maximum atomic E-state index is 5.90. The van der Waals surface area contributed by atoms with Crippen molar-refractivity contribution in [2.24, 2.45) is 0 Å². The second-order valence-electron chi connectivity index (χ2n) is 7.95. The van der Waals surface area contributed by atoms with Crippen LogP contribution in [0.3, 0.4) is 0 Å². The van der Waals surface area contributed by atoms with Crippen LogP contribution in [0, 0.1) is 0 Å². The number of aryl methyl sites for hydroxylation is 1. The number of hydrogen-bond acceptors (Lipinski definition) is 2. The van der Waals surface area contributed by atoms with Crippen LogP contribution >= 0.6 is 0 Å². The second-order valence-corrected chi connectivity index (χ2v) is 7.95. The number of pyridine rings is 1. The van der Waals surface area contributed by atoms with Crippen molar-refractivity contribution in [1.82, 2.24) is 4.98 Å². The third kappa shape index (κ3) is 8.04. The molecule has 1 aromatic heterocycles. The maximum Gasteiger partial charge on any atom is 0.119 e. The van der Waals surface area contributed by atoms with E-state index in [0.29, 0.717) is 5.92 Å². The van der Waals surface area contributed by atoms with Crippen LogP contribution in [0.1, 0.15) is 101 Å². The molecule has 1 aromatic carbocycles. The number of unbranched alkanes of at least 4 members (excludes halogenated alkanes) is 7. The highest BCUT2D eigenvalue weighted by atomic mass is 16.5. The number of hydrogen-bond donors (Lipinski definition) is 0. The summed E-state index contributed by atoms with van der Waals surface area (Å²) in [6.45, 7) is 7.57. The van der Waals surface area contributed by atoms with Gasteiger partial charge in [0.05, 0.1) is 6.61 Å². The SMILES string of the molecule is CCCCCCCCOc1ccc(C(C)c2ccc(CCCCC)nc2)cc1. The molecule has 0 radical (unpaired) electrons. The zero-order chi connectivity index (χ0) is 20.0. The van der Waals surface area contributed by atoms with E-state index in [-0.39, 0.29) is 0 Å². The standard InChI is InChI=1S/C26H39NO/c1-4-6-8-9-10-12-20-28-26-18-15-23(16-19-26)22(3)24-14-17-25(27-21-24)13-11-7-5-2/h14-19,21-22H,4-13,20H2,1-3H3. The van der Waals surface area contributed by atoms with Gasteiger partial charge in [0, 0.05) is 17.8 Å². The first-order valence-electron chi connectivity index (χ1n) is 11.4. The Balaban J connectivity index is 1.77. The van der Waals surface area contributed by atoms with E-state index >= 15 is 0 Å². The van der Waals surface area contributed by atoms with Crippen molar-refractivity contribution in [3.8, 4) is 5.75 Å². The first-order valence-corrected chi connectivity index (χ1v) is 11.4. The summed E-state index contributed by atoms with van der Waals surface area (Å²) < 4.78 is 5.90. The molecule has 1 atom stereocenters. The van der Waals surface area contributed by atoms with Crippen molar-refractivity contribution in [3.63, 3.8) is 0 Å². The van der Waals surface area contributed by atoms with Crippen LogP contribution in [0.25, 0.3) is 0 Å². The summed E-state index contributed by atoms with van der Waals surface area (Å²) >= 11 is 0. The molecule has 2 nitrogen and oxygen atoms in total. The van der Waals surface area contributed by atoms with E-state index in [9.17, 15) is 0 Å². The summed E-state index contributed by atoms with van der Waals surface area (Å²) in [6.07, 6.45) is 14.7. The number of aromatic nitrogens is 1. The molecule has 0 N–H and O–H groups in total. The lowest BCUT2D eigenvalue weighted by molar-refractivity contribution is 0.304. The summed E-state index contributed by atoms with van der Waals surface area (Å²) in [4.78, 5) is 4.67. The van der Waals surface area contributed by atoms with E-state index in [4.69, 9.17) is 4.74 Å². The molecule has 0 amide bonds. The first kappa shape index (κ1) is 22.5. The smallest absolute Gasteiger partial charge is 0.119 e. The van der Waals surface area contributed by atoms with Crippen LogP contribution in [0.15, 0.2) is 42.6 Å². The van der Waals surface area contributed by atoms with Crippen molar-refractivity contribution >= 4 is 0 Å². The van der Waals surface area contributed by atoms with Gasteiger partial charge in [-0.2, -0.15) is 0 Å². The molecule has 0 saturated carbocycles. The van der Waals surface area contributed by atoms with Gasteiger partial charge in [-0.15, -0.1) is 0 Å². The lowest BCUT2D eigenvalue weighted by Gasteiger charge is -2.14. The Morgan fingerprint density at radius 1 is 0.750 bits per heavy atom. The number of rotatable bonds is 14. The van der Waals surface area contributed by atoms with Crippen molar-refractivity contribution < 1.29 is 4.74 Å². The highest BCUT2D eigenvalue weighted by Gasteiger charge is 2.09. The average Bonchev–Trinajstić information content (AvgIpc) is 2.74. The highest BCUT2D eigenvalue weighted by molar-refractivity contribution is 5.34. The molecule has 2 rings (SSSR count). The summed E-state index contributed by atoms with van der Waals surface area (Å²) in [5.41, 5.74) is 3.80.